The lowest BCUT2D eigenvalue weighted by Crippen LogP contribution is -2.21. The van der Waals surface area contributed by atoms with Gasteiger partial charge in [0.05, 0.1) is 17.0 Å². The summed E-state index contributed by atoms with van der Waals surface area (Å²) < 4.78 is 0. The molecule has 0 radical (unpaired) electrons. The highest BCUT2D eigenvalue weighted by Crippen LogP contribution is 2.25. The first-order chi connectivity index (χ1) is 12.5. The van der Waals surface area contributed by atoms with Crippen LogP contribution >= 0.6 is 0 Å². The normalized spacial score (nSPS) is 15.5. The predicted molar refractivity (Wildman–Crippen MR) is 110 cm³/mol. The van der Waals surface area contributed by atoms with Crippen LogP contribution in [0.1, 0.15) is 31.9 Å². The molecule has 0 spiro atoms. The number of anilines is 2. The van der Waals surface area contributed by atoms with E-state index >= 15 is 0 Å². The van der Waals surface area contributed by atoms with E-state index in [2.05, 4.69) is 48.1 Å². The molecule has 3 rings (SSSR count). The highest BCUT2D eigenvalue weighted by atomic mass is 16.2. The van der Waals surface area contributed by atoms with Crippen LogP contribution in [0.4, 0.5) is 11.4 Å². The van der Waals surface area contributed by atoms with E-state index in [4.69, 9.17) is 0 Å². The van der Waals surface area contributed by atoms with E-state index in [0.29, 0.717) is 5.57 Å². The Morgan fingerprint density at radius 2 is 1.58 bits per heavy atom. The number of benzene rings is 2. The second-order valence-electron chi connectivity index (χ2n) is 6.46. The monoisotopic (exact) mass is 347 g/mol. The fraction of sp³-hybridized carbons (Fsp3) is 0.273. The van der Waals surface area contributed by atoms with Gasteiger partial charge >= 0.3 is 0 Å². The van der Waals surface area contributed by atoms with Gasteiger partial charge in [-0.05, 0) is 63.6 Å². The molecule has 0 unspecified atom stereocenters. The van der Waals surface area contributed by atoms with Gasteiger partial charge in [-0.3, -0.25) is 4.79 Å². The minimum absolute atomic E-state index is 0.0841. The molecule has 1 aliphatic rings. The van der Waals surface area contributed by atoms with Gasteiger partial charge in [0.25, 0.3) is 5.91 Å². The van der Waals surface area contributed by atoms with E-state index in [-0.39, 0.29) is 5.91 Å². The molecule has 0 atom stereocenters. The molecular weight excluding hydrogens is 322 g/mol. The van der Waals surface area contributed by atoms with Crippen LogP contribution in [-0.4, -0.2) is 24.7 Å². The maximum Gasteiger partial charge on any atom is 0.280 e. The lowest BCUT2D eigenvalue weighted by atomic mass is 10.1. The van der Waals surface area contributed by atoms with E-state index in [1.54, 1.807) is 0 Å². The van der Waals surface area contributed by atoms with Crippen LogP contribution in [0.3, 0.4) is 0 Å². The topological polar surface area (TPSA) is 35.9 Å². The first-order valence-electron chi connectivity index (χ1n) is 9.07. The number of aryl methyl sites for hydroxylation is 1. The van der Waals surface area contributed by atoms with Crippen molar-refractivity contribution in [3.05, 3.63) is 65.2 Å². The molecule has 0 aliphatic carbocycles. The Labute approximate surface area is 155 Å². The summed E-state index contributed by atoms with van der Waals surface area (Å²) in [6.45, 7) is 10.2. The molecule has 0 fully saturated rings. The maximum atomic E-state index is 12.8. The van der Waals surface area contributed by atoms with Crippen LogP contribution < -0.4 is 9.91 Å². The first-order valence-corrected chi connectivity index (χ1v) is 9.07. The fourth-order valence-corrected chi connectivity index (χ4v) is 3.08. The minimum Gasteiger partial charge on any atom is -0.372 e. The van der Waals surface area contributed by atoms with Gasteiger partial charge in [0.15, 0.2) is 0 Å². The van der Waals surface area contributed by atoms with Crippen molar-refractivity contribution in [2.45, 2.75) is 27.7 Å². The van der Waals surface area contributed by atoms with Crippen LogP contribution in [0.2, 0.25) is 0 Å². The zero-order valence-electron chi connectivity index (χ0n) is 15.9. The smallest absolute Gasteiger partial charge is 0.280 e. The van der Waals surface area contributed by atoms with Crippen molar-refractivity contribution in [2.75, 3.05) is 23.0 Å². The number of hydrogen-bond acceptors (Lipinski definition) is 3. The number of rotatable bonds is 5. The third kappa shape index (κ3) is 3.54. The van der Waals surface area contributed by atoms with Gasteiger partial charge in [-0.1, -0.05) is 29.8 Å². The van der Waals surface area contributed by atoms with Crippen molar-refractivity contribution in [1.82, 2.24) is 0 Å². The average Bonchev–Trinajstić information content (AvgIpc) is 2.93. The second-order valence-corrected chi connectivity index (χ2v) is 6.46. The predicted octanol–water partition coefficient (Wildman–Crippen LogP) is 4.65. The van der Waals surface area contributed by atoms with Crippen molar-refractivity contribution in [3.63, 3.8) is 0 Å². The maximum absolute atomic E-state index is 12.8. The van der Waals surface area contributed by atoms with Gasteiger partial charge in [0.1, 0.15) is 0 Å². The molecule has 0 saturated heterocycles. The van der Waals surface area contributed by atoms with Gasteiger partial charge in [0, 0.05) is 18.8 Å². The number of hydrogen-bond donors (Lipinski definition) is 0. The Kier molecular flexibility index (Phi) is 5.21. The summed E-state index contributed by atoms with van der Waals surface area (Å²) in [6.07, 6.45) is 1.92. The molecule has 0 N–H and O–H groups in total. The number of nitrogens with zero attached hydrogens (tertiary/aromatic N) is 3. The minimum atomic E-state index is -0.0841. The number of amides is 1. The average molecular weight is 347 g/mol. The lowest BCUT2D eigenvalue weighted by Gasteiger charge is -2.20. The molecular formula is C22H25N3O. The molecule has 134 valence electrons. The van der Waals surface area contributed by atoms with Crippen LogP contribution in [0.5, 0.6) is 0 Å². The van der Waals surface area contributed by atoms with Crippen molar-refractivity contribution in [3.8, 4) is 0 Å². The van der Waals surface area contributed by atoms with Gasteiger partial charge in [-0.2, -0.15) is 10.1 Å². The molecule has 2 aromatic rings. The Hall–Kier alpha value is -2.88. The quantitative estimate of drug-likeness (QED) is 0.738. The van der Waals surface area contributed by atoms with E-state index in [1.807, 2.05) is 44.2 Å². The number of hydrazone groups is 1. The largest absolute Gasteiger partial charge is 0.372 e. The fourth-order valence-electron chi connectivity index (χ4n) is 3.08. The van der Waals surface area contributed by atoms with Crippen LogP contribution in [0, 0.1) is 6.92 Å². The molecule has 0 bridgehead atoms. The Morgan fingerprint density at radius 3 is 2.15 bits per heavy atom. The van der Waals surface area contributed by atoms with Crippen molar-refractivity contribution < 1.29 is 4.79 Å². The van der Waals surface area contributed by atoms with Crippen LogP contribution in [0.15, 0.2) is 59.2 Å². The molecule has 0 saturated carbocycles. The van der Waals surface area contributed by atoms with Gasteiger partial charge in [-0.25, -0.2) is 0 Å². The first kappa shape index (κ1) is 17.9. The second kappa shape index (κ2) is 7.56. The lowest BCUT2D eigenvalue weighted by molar-refractivity contribution is -0.114. The van der Waals surface area contributed by atoms with Gasteiger partial charge in [-0.15, -0.1) is 0 Å². The zero-order valence-corrected chi connectivity index (χ0v) is 15.9. The zero-order chi connectivity index (χ0) is 18.7. The summed E-state index contributed by atoms with van der Waals surface area (Å²) in [7, 11) is 0. The third-order valence-electron chi connectivity index (χ3n) is 4.67. The summed E-state index contributed by atoms with van der Waals surface area (Å²) in [5.74, 6) is -0.0841. The third-order valence-corrected chi connectivity index (χ3v) is 4.67. The summed E-state index contributed by atoms with van der Waals surface area (Å²) in [4.78, 5) is 15.1. The van der Waals surface area contributed by atoms with Crippen molar-refractivity contribution in [2.24, 2.45) is 5.10 Å². The Morgan fingerprint density at radius 1 is 0.962 bits per heavy atom. The number of carbonyl (C=O) groups is 1. The van der Waals surface area contributed by atoms with E-state index in [0.717, 1.165) is 35.6 Å². The summed E-state index contributed by atoms with van der Waals surface area (Å²) in [5, 5.41) is 5.92. The highest BCUT2D eigenvalue weighted by Gasteiger charge is 2.28. The Bertz CT molecular complexity index is 844. The van der Waals surface area contributed by atoms with E-state index < -0.39 is 0 Å². The van der Waals surface area contributed by atoms with Crippen LogP contribution in [-0.2, 0) is 4.79 Å². The van der Waals surface area contributed by atoms with Gasteiger partial charge in [0.2, 0.25) is 0 Å². The molecule has 4 nitrogen and oxygen atoms in total. The highest BCUT2D eigenvalue weighted by molar-refractivity contribution is 6.32. The molecule has 1 aliphatic heterocycles. The SMILES string of the molecule is CCN(CC)c1ccc(/C=C2/C(=O)N(c3ccc(C)cc3)N=C2C)cc1. The molecule has 1 amide bonds. The summed E-state index contributed by atoms with van der Waals surface area (Å²) in [6, 6.07) is 16.1. The van der Waals surface area contributed by atoms with Crippen molar-refractivity contribution in [1.29, 1.82) is 0 Å². The summed E-state index contributed by atoms with van der Waals surface area (Å²) in [5.41, 5.74) is 5.53. The van der Waals surface area contributed by atoms with Crippen LogP contribution in [0.25, 0.3) is 6.08 Å². The Balaban J connectivity index is 1.84. The van der Waals surface area contributed by atoms with Crippen molar-refractivity contribution >= 4 is 29.1 Å². The van der Waals surface area contributed by atoms with Gasteiger partial charge < -0.3 is 4.90 Å². The number of carbonyl (C=O) groups excluding carboxylic acids is 1. The molecule has 4 heteroatoms. The van der Waals surface area contributed by atoms with E-state index in [9.17, 15) is 4.79 Å². The molecule has 26 heavy (non-hydrogen) atoms. The van der Waals surface area contributed by atoms with E-state index in [1.165, 1.54) is 10.7 Å². The molecule has 2 aromatic carbocycles. The molecule has 0 aromatic heterocycles. The molecule has 1 heterocycles. The standard InChI is InChI=1S/C22H25N3O/c1-5-24(6-2)19-13-9-18(10-14-19)15-21-17(4)23-25(22(21)26)20-11-7-16(3)8-12-20/h7-15H,5-6H2,1-4H3/b21-15+. The summed E-state index contributed by atoms with van der Waals surface area (Å²) >= 11 is 0.